The van der Waals surface area contributed by atoms with Crippen LogP contribution in [-0.2, 0) is 4.79 Å². The van der Waals surface area contributed by atoms with Gasteiger partial charge in [-0.1, -0.05) is 18.2 Å². The van der Waals surface area contributed by atoms with E-state index in [0.717, 1.165) is 43.5 Å². The molecule has 6 heteroatoms. The molecule has 0 bridgehead atoms. The quantitative estimate of drug-likeness (QED) is 0.941. The smallest absolute Gasteiger partial charge is 0.219 e. The van der Waals surface area contributed by atoms with Gasteiger partial charge in [-0.25, -0.2) is 9.97 Å². The highest BCUT2D eigenvalue weighted by atomic mass is 16.2. The number of carbonyl (C=O) groups is 1. The number of para-hydroxylation sites is 1. The van der Waals surface area contributed by atoms with Crippen LogP contribution >= 0.6 is 0 Å². The van der Waals surface area contributed by atoms with Crippen molar-refractivity contribution in [2.45, 2.75) is 13.8 Å². The van der Waals surface area contributed by atoms with Crippen LogP contribution in [0, 0.1) is 6.92 Å². The number of nitrogens with one attached hydrogen (secondary N) is 1. The molecule has 0 atom stereocenters. The molecule has 23 heavy (non-hydrogen) atoms. The number of carbonyl (C=O) groups excluding carboxylic acids is 1. The minimum Gasteiger partial charge on any atom is -0.353 e. The van der Waals surface area contributed by atoms with Gasteiger partial charge < -0.3 is 15.1 Å². The number of anilines is 3. The summed E-state index contributed by atoms with van der Waals surface area (Å²) in [4.78, 5) is 24.1. The van der Waals surface area contributed by atoms with Crippen LogP contribution in [0.1, 0.15) is 12.5 Å². The van der Waals surface area contributed by atoms with Gasteiger partial charge in [0.1, 0.15) is 18.0 Å². The first-order valence-electron chi connectivity index (χ1n) is 7.78. The van der Waals surface area contributed by atoms with Crippen LogP contribution in [0.25, 0.3) is 0 Å². The van der Waals surface area contributed by atoms with Crippen molar-refractivity contribution in [3.05, 3.63) is 42.2 Å². The Hall–Kier alpha value is -2.63. The van der Waals surface area contributed by atoms with Gasteiger partial charge in [-0.3, -0.25) is 4.79 Å². The molecule has 0 saturated carbocycles. The van der Waals surface area contributed by atoms with Gasteiger partial charge in [0.2, 0.25) is 5.91 Å². The molecule has 1 aromatic heterocycles. The largest absolute Gasteiger partial charge is 0.353 e. The Kier molecular flexibility index (Phi) is 4.41. The number of aryl methyl sites for hydroxylation is 1. The maximum absolute atomic E-state index is 11.4. The monoisotopic (exact) mass is 311 g/mol. The number of rotatable bonds is 3. The number of hydrogen-bond donors (Lipinski definition) is 1. The van der Waals surface area contributed by atoms with Crippen LogP contribution in [-0.4, -0.2) is 47.0 Å². The fourth-order valence-corrected chi connectivity index (χ4v) is 2.69. The van der Waals surface area contributed by atoms with Crippen molar-refractivity contribution in [3.63, 3.8) is 0 Å². The minimum absolute atomic E-state index is 0.134. The average molecular weight is 311 g/mol. The lowest BCUT2D eigenvalue weighted by molar-refractivity contribution is -0.129. The predicted octanol–water partition coefficient (Wildman–Crippen LogP) is 2.20. The molecular weight excluding hydrogens is 290 g/mol. The first-order chi connectivity index (χ1) is 11.1. The molecule has 2 heterocycles. The third-order valence-corrected chi connectivity index (χ3v) is 4.11. The van der Waals surface area contributed by atoms with Crippen molar-refractivity contribution >= 4 is 23.2 Å². The van der Waals surface area contributed by atoms with E-state index < -0.39 is 0 Å². The van der Waals surface area contributed by atoms with E-state index >= 15 is 0 Å². The summed E-state index contributed by atoms with van der Waals surface area (Å²) in [6.45, 7) is 6.73. The molecule has 0 spiro atoms. The minimum atomic E-state index is 0.134. The van der Waals surface area contributed by atoms with E-state index in [-0.39, 0.29) is 5.91 Å². The molecule has 0 aliphatic carbocycles. The molecule has 120 valence electrons. The fourth-order valence-electron chi connectivity index (χ4n) is 2.69. The van der Waals surface area contributed by atoms with Gasteiger partial charge in [-0.05, 0) is 18.6 Å². The molecule has 2 aromatic rings. The van der Waals surface area contributed by atoms with Gasteiger partial charge in [0.25, 0.3) is 0 Å². The lowest BCUT2D eigenvalue weighted by atomic mass is 10.2. The zero-order chi connectivity index (χ0) is 16.2. The van der Waals surface area contributed by atoms with E-state index in [0.29, 0.717) is 0 Å². The molecule has 1 N–H and O–H groups in total. The molecule has 1 saturated heterocycles. The molecule has 0 unspecified atom stereocenters. The number of benzene rings is 1. The molecule has 1 aromatic carbocycles. The summed E-state index contributed by atoms with van der Waals surface area (Å²) in [5.74, 6) is 1.80. The number of nitrogens with zero attached hydrogens (tertiary/aromatic N) is 4. The summed E-state index contributed by atoms with van der Waals surface area (Å²) in [5.41, 5.74) is 2.21. The van der Waals surface area contributed by atoms with Crippen molar-refractivity contribution in [2.24, 2.45) is 0 Å². The highest BCUT2D eigenvalue weighted by molar-refractivity contribution is 5.73. The predicted molar refractivity (Wildman–Crippen MR) is 91.0 cm³/mol. The Morgan fingerprint density at radius 2 is 1.87 bits per heavy atom. The standard InChI is InChI=1S/C17H21N5O/c1-13-5-3-4-6-15(13)20-16-11-17(19-12-18-16)22-9-7-21(8-10-22)14(2)23/h3-6,11-12H,7-10H2,1-2H3,(H,18,19,20). The maximum atomic E-state index is 11.4. The number of hydrogen-bond acceptors (Lipinski definition) is 5. The molecule has 1 aliphatic rings. The SMILES string of the molecule is CC(=O)N1CCN(c2cc(Nc3ccccc3C)ncn2)CC1. The van der Waals surface area contributed by atoms with Crippen LogP contribution in [0.3, 0.4) is 0 Å². The van der Waals surface area contributed by atoms with Gasteiger partial charge >= 0.3 is 0 Å². The zero-order valence-electron chi connectivity index (χ0n) is 13.5. The summed E-state index contributed by atoms with van der Waals surface area (Å²) in [6, 6.07) is 10.1. The van der Waals surface area contributed by atoms with Gasteiger partial charge in [0, 0.05) is 44.9 Å². The van der Waals surface area contributed by atoms with Crippen LogP contribution in [0.15, 0.2) is 36.7 Å². The molecule has 1 amide bonds. The van der Waals surface area contributed by atoms with Gasteiger partial charge in [-0.15, -0.1) is 0 Å². The van der Waals surface area contributed by atoms with E-state index in [2.05, 4.69) is 33.2 Å². The Bertz CT molecular complexity index is 695. The summed E-state index contributed by atoms with van der Waals surface area (Å²) < 4.78 is 0. The van der Waals surface area contributed by atoms with Crippen molar-refractivity contribution in [1.82, 2.24) is 14.9 Å². The van der Waals surface area contributed by atoms with Crippen molar-refractivity contribution in [1.29, 1.82) is 0 Å². The topological polar surface area (TPSA) is 61.4 Å². The van der Waals surface area contributed by atoms with Crippen LogP contribution in [0.4, 0.5) is 17.3 Å². The normalized spacial score (nSPS) is 14.7. The molecule has 3 rings (SSSR count). The van der Waals surface area contributed by atoms with Gasteiger partial charge in [0.15, 0.2) is 0 Å². The van der Waals surface area contributed by atoms with Gasteiger partial charge in [0.05, 0.1) is 0 Å². The summed E-state index contributed by atoms with van der Waals surface area (Å²) in [7, 11) is 0. The maximum Gasteiger partial charge on any atom is 0.219 e. The lowest BCUT2D eigenvalue weighted by Gasteiger charge is -2.34. The third-order valence-electron chi connectivity index (χ3n) is 4.11. The van der Waals surface area contributed by atoms with Crippen LogP contribution in [0.5, 0.6) is 0 Å². The molecular formula is C17H21N5O. The van der Waals surface area contributed by atoms with E-state index in [1.54, 1.807) is 13.3 Å². The Balaban J connectivity index is 1.71. The Morgan fingerprint density at radius 3 is 2.57 bits per heavy atom. The summed E-state index contributed by atoms with van der Waals surface area (Å²) in [5, 5.41) is 3.34. The average Bonchev–Trinajstić information content (AvgIpc) is 2.57. The fraction of sp³-hybridized carbons (Fsp3) is 0.353. The number of piperazine rings is 1. The van der Waals surface area contributed by atoms with E-state index in [1.165, 1.54) is 5.56 Å². The summed E-state index contributed by atoms with van der Waals surface area (Å²) in [6.07, 6.45) is 1.58. The molecule has 0 radical (unpaired) electrons. The van der Waals surface area contributed by atoms with Gasteiger partial charge in [-0.2, -0.15) is 0 Å². The Morgan fingerprint density at radius 1 is 1.13 bits per heavy atom. The second-order valence-electron chi connectivity index (χ2n) is 5.69. The van der Waals surface area contributed by atoms with E-state index in [1.807, 2.05) is 29.2 Å². The number of amides is 1. The number of aromatic nitrogens is 2. The van der Waals surface area contributed by atoms with Crippen molar-refractivity contribution in [3.8, 4) is 0 Å². The highest BCUT2D eigenvalue weighted by Gasteiger charge is 2.19. The molecule has 6 nitrogen and oxygen atoms in total. The molecule has 1 aliphatic heterocycles. The highest BCUT2D eigenvalue weighted by Crippen LogP contribution is 2.21. The van der Waals surface area contributed by atoms with E-state index in [9.17, 15) is 4.79 Å². The second kappa shape index (κ2) is 6.64. The Labute approximate surface area is 136 Å². The van der Waals surface area contributed by atoms with Crippen molar-refractivity contribution < 1.29 is 4.79 Å². The zero-order valence-corrected chi connectivity index (χ0v) is 13.5. The van der Waals surface area contributed by atoms with Crippen LogP contribution < -0.4 is 10.2 Å². The van der Waals surface area contributed by atoms with Crippen LogP contribution in [0.2, 0.25) is 0 Å². The summed E-state index contributed by atoms with van der Waals surface area (Å²) >= 11 is 0. The van der Waals surface area contributed by atoms with Crippen molar-refractivity contribution in [2.75, 3.05) is 36.4 Å². The van der Waals surface area contributed by atoms with E-state index in [4.69, 9.17) is 0 Å². The lowest BCUT2D eigenvalue weighted by Crippen LogP contribution is -2.48. The molecule has 1 fully saturated rings. The first kappa shape index (κ1) is 15.3. The third kappa shape index (κ3) is 3.59. The first-order valence-corrected chi connectivity index (χ1v) is 7.78. The second-order valence-corrected chi connectivity index (χ2v) is 5.69.